The van der Waals surface area contributed by atoms with Gasteiger partial charge in [0.25, 0.3) is 0 Å². The van der Waals surface area contributed by atoms with Gasteiger partial charge in [0.15, 0.2) is 0 Å². The van der Waals surface area contributed by atoms with E-state index in [4.69, 9.17) is 11.6 Å². The smallest absolute Gasteiger partial charge is 0.246 e. The van der Waals surface area contributed by atoms with E-state index in [1.165, 1.54) is 4.90 Å². The van der Waals surface area contributed by atoms with E-state index in [0.29, 0.717) is 11.4 Å². The maximum absolute atomic E-state index is 12.1. The van der Waals surface area contributed by atoms with Crippen molar-refractivity contribution >= 4 is 39.3 Å². The van der Waals surface area contributed by atoms with Crippen molar-refractivity contribution in [3.05, 3.63) is 33.3 Å². The Bertz CT molecular complexity index is 521. The number of halogens is 2. The lowest BCUT2D eigenvalue weighted by Crippen LogP contribution is -2.57. The number of rotatable bonds is 3. The van der Waals surface area contributed by atoms with Crippen LogP contribution in [0.1, 0.15) is 18.9 Å². The lowest BCUT2D eigenvalue weighted by molar-refractivity contribution is -0.150. The summed E-state index contributed by atoms with van der Waals surface area (Å²) in [5, 5.41) is 3.47. The van der Waals surface area contributed by atoms with Gasteiger partial charge in [-0.1, -0.05) is 40.5 Å². The molecule has 1 unspecified atom stereocenters. The van der Waals surface area contributed by atoms with Gasteiger partial charge in [-0.3, -0.25) is 19.8 Å². The van der Waals surface area contributed by atoms with Gasteiger partial charge >= 0.3 is 0 Å². The first-order chi connectivity index (χ1) is 9.02. The van der Waals surface area contributed by atoms with Crippen LogP contribution in [-0.2, 0) is 16.1 Å². The zero-order valence-corrected chi connectivity index (χ0v) is 12.8. The SMILES string of the molecule is CCC1NCC(=O)N(Cc2ccc(Br)cc2Cl)C1=O. The summed E-state index contributed by atoms with van der Waals surface area (Å²) in [4.78, 5) is 25.3. The van der Waals surface area contributed by atoms with Crippen molar-refractivity contribution in [1.29, 1.82) is 0 Å². The lowest BCUT2D eigenvalue weighted by atomic mass is 10.1. The highest BCUT2D eigenvalue weighted by Gasteiger charge is 2.32. The molecule has 19 heavy (non-hydrogen) atoms. The maximum Gasteiger partial charge on any atom is 0.246 e. The van der Waals surface area contributed by atoms with E-state index >= 15 is 0 Å². The molecule has 2 amide bonds. The van der Waals surface area contributed by atoms with Crippen molar-refractivity contribution in [2.24, 2.45) is 0 Å². The van der Waals surface area contributed by atoms with Crippen molar-refractivity contribution in [3.8, 4) is 0 Å². The average Bonchev–Trinajstić information content (AvgIpc) is 2.37. The van der Waals surface area contributed by atoms with Crippen LogP contribution in [-0.4, -0.2) is 29.3 Å². The summed E-state index contributed by atoms with van der Waals surface area (Å²) in [6, 6.07) is 5.13. The number of hydrogen-bond acceptors (Lipinski definition) is 3. The molecular formula is C13H14BrClN2O2. The molecule has 1 aliphatic heterocycles. The van der Waals surface area contributed by atoms with Crippen LogP contribution in [0.3, 0.4) is 0 Å². The zero-order chi connectivity index (χ0) is 14.0. The van der Waals surface area contributed by atoms with E-state index < -0.39 is 0 Å². The number of hydrogen-bond donors (Lipinski definition) is 1. The topological polar surface area (TPSA) is 49.4 Å². The van der Waals surface area contributed by atoms with Crippen molar-refractivity contribution in [3.63, 3.8) is 0 Å². The highest BCUT2D eigenvalue weighted by atomic mass is 79.9. The Hall–Kier alpha value is -0.910. The molecule has 1 atom stereocenters. The fraction of sp³-hybridized carbons (Fsp3) is 0.385. The fourth-order valence-corrected chi connectivity index (χ4v) is 2.74. The molecule has 0 aromatic heterocycles. The quantitative estimate of drug-likeness (QED) is 0.856. The first-order valence-corrected chi connectivity index (χ1v) is 7.21. The minimum atomic E-state index is -0.285. The third kappa shape index (κ3) is 3.16. The fourth-order valence-electron chi connectivity index (χ4n) is 2.01. The van der Waals surface area contributed by atoms with Gasteiger partial charge < -0.3 is 0 Å². The van der Waals surface area contributed by atoms with Gasteiger partial charge in [0.05, 0.1) is 19.1 Å². The highest BCUT2D eigenvalue weighted by Crippen LogP contribution is 2.23. The molecule has 1 saturated heterocycles. The summed E-state index contributed by atoms with van der Waals surface area (Å²) in [5.41, 5.74) is 0.767. The Morgan fingerprint density at radius 1 is 1.47 bits per heavy atom. The number of amides is 2. The second kappa shape index (κ2) is 6.03. The normalized spacial score (nSPS) is 19.9. The van der Waals surface area contributed by atoms with Crippen molar-refractivity contribution in [1.82, 2.24) is 10.2 Å². The number of nitrogens with one attached hydrogen (secondary N) is 1. The van der Waals surface area contributed by atoms with E-state index in [2.05, 4.69) is 21.2 Å². The number of piperazine rings is 1. The van der Waals surface area contributed by atoms with Gasteiger partial charge in [0.1, 0.15) is 0 Å². The summed E-state index contributed by atoms with van der Waals surface area (Å²) >= 11 is 9.44. The van der Waals surface area contributed by atoms with Gasteiger partial charge in [-0.25, -0.2) is 0 Å². The Morgan fingerprint density at radius 2 is 2.21 bits per heavy atom. The van der Waals surface area contributed by atoms with E-state index in [1.54, 1.807) is 6.07 Å². The number of nitrogens with zero attached hydrogens (tertiary/aromatic N) is 1. The number of benzene rings is 1. The van der Waals surface area contributed by atoms with E-state index in [1.807, 2.05) is 19.1 Å². The third-order valence-corrected chi connectivity index (χ3v) is 3.96. The first kappa shape index (κ1) is 14.5. The largest absolute Gasteiger partial charge is 0.297 e. The maximum atomic E-state index is 12.1. The standard InChI is InChI=1S/C13H14BrClN2O2/c1-2-11-13(19)17(12(18)6-16-11)7-8-3-4-9(14)5-10(8)15/h3-5,11,16H,2,6-7H2,1H3. The van der Waals surface area contributed by atoms with Gasteiger partial charge in [0.2, 0.25) is 11.8 Å². The van der Waals surface area contributed by atoms with Crippen molar-refractivity contribution in [2.75, 3.05) is 6.54 Å². The van der Waals surface area contributed by atoms with Crippen LogP contribution < -0.4 is 5.32 Å². The van der Waals surface area contributed by atoms with Crippen LogP contribution in [0.2, 0.25) is 5.02 Å². The van der Waals surface area contributed by atoms with Crippen LogP contribution in [0.25, 0.3) is 0 Å². The average molecular weight is 346 g/mol. The van der Waals surface area contributed by atoms with Crippen molar-refractivity contribution in [2.45, 2.75) is 25.9 Å². The van der Waals surface area contributed by atoms with Crippen LogP contribution >= 0.6 is 27.5 Å². The van der Waals surface area contributed by atoms with E-state index in [9.17, 15) is 9.59 Å². The predicted octanol–water partition coefficient (Wildman–Crippen LogP) is 2.34. The second-order valence-corrected chi connectivity index (χ2v) is 5.72. The van der Waals surface area contributed by atoms with Crippen LogP contribution in [0.15, 0.2) is 22.7 Å². The monoisotopic (exact) mass is 344 g/mol. The molecule has 0 bridgehead atoms. The van der Waals surface area contributed by atoms with E-state index in [-0.39, 0.29) is 30.9 Å². The van der Waals surface area contributed by atoms with Crippen molar-refractivity contribution < 1.29 is 9.59 Å². The van der Waals surface area contributed by atoms with E-state index in [0.717, 1.165) is 10.0 Å². The Kier molecular flexibility index (Phi) is 4.60. The van der Waals surface area contributed by atoms with Gasteiger partial charge in [-0.05, 0) is 24.1 Å². The second-order valence-electron chi connectivity index (χ2n) is 4.40. The molecule has 1 aliphatic rings. The molecular weight excluding hydrogens is 332 g/mol. The zero-order valence-electron chi connectivity index (χ0n) is 10.5. The summed E-state index contributed by atoms with van der Waals surface area (Å²) in [5.74, 6) is -0.397. The summed E-state index contributed by atoms with van der Waals surface area (Å²) in [6.07, 6.45) is 0.663. The van der Waals surface area contributed by atoms with Gasteiger partial charge in [0, 0.05) is 9.50 Å². The molecule has 0 aliphatic carbocycles. The van der Waals surface area contributed by atoms with Crippen LogP contribution in [0.5, 0.6) is 0 Å². The van der Waals surface area contributed by atoms with Gasteiger partial charge in [-0.2, -0.15) is 0 Å². The van der Waals surface area contributed by atoms with Gasteiger partial charge in [-0.15, -0.1) is 0 Å². The number of imide groups is 1. The van der Waals surface area contributed by atoms with Crippen LogP contribution in [0.4, 0.5) is 0 Å². The molecule has 2 rings (SSSR count). The Balaban J connectivity index is 2.20. The molecule has 1 aromatic carbocycles. The lowest BCUT2D eigenvalue weighted by Gasteiger charge is -2.31. The Labute approximate surface area is 125 Å². The first-order valence-electron chi connectivity index (χ1n) is 6.04. The number of carbonyl (C=O) groups excluding carboxylic acids is 2. The molecule has 0 spiro atoms. The molecule has 0 saturated carbocycles. The minimum Gasteiger partial charge on any atom is -0.297 e. The molecule has 1 heterocycles. The molecule has 0 radical (unpaired) electrons. The molecule has 102 valence electrons. The van der Waals surface area contributed by atoms with Crippen LogP contribution in [0, 0.1) is 0 Å². The summed E-state index contributed by atoms with van der Waals surface area (Å²) in [7, 11) is 0. The minimum absolute atomic E-state index is 0.183. The molecule has 4 nitrogen and oxygen atoms in total. The summed E-state index contributed by atoms with van der Waals surface area (Å²) in [6.45, 7) is 2.33. The Morgan fingerprint density at radius 3 is 2.84 bits per heavy atom. The molecule has 1 fully saturated rings. The molecule has 6 heteroatoms. The predicted molar refractivity (Wildman–Crippen MR) is 76.8 cm³/mol. The third-order valence-electron chi connectivity index (χ3n) is 3.12. The molecule has 1 N–H and O–H groups in total. The molecule has 1 aromatic rings. The highest BCUT2D eigenvalue weighted by molar-refractivity contribution is 9.10. The summed E-state index contributed by atoms with van der Waals surface area (Å²) < 4.78 is 0.866. The number of carbonyl (C=O) groups is 2.